The predicted octanol–water partition coefficient (Wildman–Crippen LogP) is 4.52. The quantitative estimate of drug-likeness (QED) is 0.711. The van der Waals surface area contributed by atoms with Crippen LogP contribution < -0.4 is 4.43 Å². The van der Waals surface area contributed by atoms with Gasteiger partial charge in [-0.1, -0.05) is 47.6 Å². The van der Waals surface area contributed by atoms with E-state index in [0.29, 0.717) is 17.8 Å². The minimum atomic E-state index is 0.470. The van der Waals surface area contributed by atoms with E-state index in [0.717, 1.165) is 5.75 Å². The summed E-state index contributed by atoms with van der Waals surface area (Å²) in [5.74, 6) is 2.49. The molecule has 0 bridgehead atoms. The predicted molar refractivity (Wildman–Crippen MR) is 75.1 cm³/mol. The van der Waals surface area contributed by atoms with E-state index in [9.17, 15) is 0 Å². The zero-order valence-electron chi connectivity index (χ0n) is 11.8. The number of hydrogen-bond acceptors (Lipinski definition) is 1. The molecule has 0 heterocycles. The van der Waals surface area contributed by atoms with Gasteiger partial charge in [-0.3, -0.25) is 0 Å². The van der Waals surface area contributed by atoms with Crippen LogP contribution in [0.2, 0.25) is 0 Å². The SMILES string of the molecule is CC(C)c1ccc(O[Si])c(C(C)C)c1C(C)C. The minimum Gasteiger partial charge on any atom is -0.540 e. The highest BCUT2D eigenvalue weighted by molar-refractivity contribution is 6.00. The van der Waals surface area contributed by atoms with Crippen molar-refractivity contribution in [3.8, 4) is 5.75 Å². The van der Waals surface area contributed by atoms with E-state index in [-0.39, 0.29) is 0 Å². The van der Waals surface area contributed by atoms with Gasteiger partial charge in [0, 0.05) is 0 Å². The van der Waals surface area contributed by atoms with Crippen LogP contribution in [0, 0.1) is 0 Å². The minimum absolute atomic E-state index is 0.470. The normalized spacial score (nSPS) is 11.6. The molecule has 3 radical (unpaired) electrons. The van der Waals surface area contributed by atoms with E-state index in [1.807, 2.05) is 0 Å². The van der Waals surface area contributed by atoms with Crippen molar-refractivity contribution in [1.29, 1.82) is 0 Å². The first-order chi connectivity index (χ1) is 7.90. The summed E-state index contributed by atoms with van der Waals surface area (Å²) in [5, 5.41) is 0. The van der Waals surface area contributed by atoms with Crippen molar-refractivity contribution in [2.75, 3.05) is 0 Å². The Morgan fingerprint density at radius 1 is 0.824 bits per heavy atom. The van der Waals surface area contributed by atoms with Crippen LogP contribution in [0.25, 0.3) is 0 Å². The topological polar surface area (TPSA) is 9.23 Å². The Hall–Kier alpha value is -0.763. The molecule has 0 aromatic heterocycles. The Kier molecular flexibility index (Phi) is 4.81. The average Bonchev–Trinajstić information content (AvgIpc) is 2.26. The van der Waals surface area contributed by atoms with Crippen molar-refractivity contribution >= 4 is 10.5 Å². The van der Waals surface area contributed by atoms with Gasteiger partial charge in [-0.25, -0.2) is 0 Å². The fourth-order valence-corrected chi connectivity index (χ4v) is 2.64. The summed E-state index contributed by atoms with van der Waals surface area (Å²) in [7, 11) is 3.17. The van der Waals surface area contributed by atoms with Crippen molar-refractivity contribution in [2.45, 2.75) is 59.3 Å². The second-order valence-electron chi connectivity index (χ2n) is 5.55. The molecule has 0 amide bonds. The second-order valence-corrected chi connectivity index (χ2v) is 5.75. The summed E-state index contributed by atoms with van der Waals surface area (Å²) in [6, 6.07) is 4.27. The third-order valence-electron chi connectivity index (χ3n) is 3.17. The smallest absolute Gasteiger partial charge is 0.341 e. The molecule has 0 aliphatic heterocycles. The molecule has 1 aromatic carbocycles. The van der Waals surface area contributed by atoms with Crippen molar-refractivity contribution in [2.24, 2.45) is 0 Å². The van der Waals surface area contributed by atoms with Crippen molar-refractivity contribution in [1.82, 2.24) is 0 Å². The summed E-state index contributed by atoms with van der Waals surface area (Å²) >= 11 is 0. The molecule has 0 aliphatic carbocycles. The Bertz CT molecular complexity index is 381. The largest absolute Gasteiger partial charge is 0.540 e. The van der Waals surface area contributed by atoms with Gasteiger partial charge in [-0.15, -0.1) is 0 Å². The van der Waals surface area contributed by atoms with E-state index in [2.05, 4.69) is 64.2 Å². The molecule has 1 nitrogen and oxygen atoms in total. The molecule has 1 rings (SSSR count). The van der Waals surface area contributed by atoms with E-state index in [4.69, 9.17) is 4.43 Å². The fraction of sp³-hybridized carbons (Fsp3) is 0.600. The van der Waals surface area contributed by atoms with Gasteiger partial charge < -0.3 is 4.43 Å². The zero-order chi connectivity index (χ0) is 13.2. The second kappa shape index (κ2) is 5.72. The van der Waals surface area contributed by atoms with Gasteiger partial charge in [-0.05, 0) is 40.5 Å². The van der Waals surface area contributed by atoms with Crippen LogP contribution >= 0.6 is 0 Å². The lowest BCUT2D eigenvalue weighted by Crippen LogP contribution is -2.07. The summed E-state index contributed by atoms with van der Waals surface area (Å²) < 4.78 is 5.34. The molecule has 0 atom stereocenters. The van der Waals surface area contributed by atoms with Crippen molar-refractivity contribution in [3.63, 3.8) is 0 Å². The van der Waals surface area contributed by atoms with E-state index in [1.165, 1.54) is 16.7 Å². The molecule has 0 aliphatic rings. The van der Waals surface area contributed by atoms with Crippen LogP contribution in [0.1, 0.15) is 76.0 Å². The Morgan fingerprint density at radius 2 is 1.35 bits per heavy atom. The van der Waals surface area contributed by atoms with Crippen LogP contribution in [-0.4, -0.2) is 10.5 Å². The molecule has 0 spiro atoms. The van der Waals surface area contributed by atoms with Gasteiger partial charge in [0.1, 0.15) is 5.75 Å². The zero-order valence-corrected chi connectivity index (χ0v) is 12.8. The van der Waals surface area contributed by atoms with Crippen LogP contribution in [0.4, 0.5) is 0 Å². The third-order valence-corrected chi connectivity index (χ3v) is 3.39. The van der Waals surface area contributed by atoms with Gasteiger partial charge in [0.25, 0.3) is 0 Å². The van der Waals surface area contributed by atoms with Gasteiger partial charge in [0.2, 0.25) is 0 Å². The maximum atomic E-state index is 5.34. The van der Waals surface area contributed by atoms with Crippen LogP contribution in [0.3, 0.4) is 0 Å². The van der Waals surface area contributed by atoms with Gasteiger partial charge >= 0.3 is 10.5 Å². The van der Waals surface area contributed by atoms with E-state index < -0.39 is 0 Å². The highest BCUT2D eigenvalue weighted by Gasteiger charge is 2.20. The molecule has 2 heteroatoms. The number of rotatable bonds is 4. The number of hydrogen-bond donors (Lipinski definition) is 0. The molecule has 0 N–H and O–H groups in total. The summed E-state index contributed by atoms with van der Waals surface area (Å²) in [5.41, 5.74) is 4.23. The summed E-state index contributed by atoms with van der Waals surface area (Å²) in [6.45, 7) is 13.5. The first-order valence-corrected chi connectivity index (χ1v) is 6.81. The first kappa shape index (κ1) is 14.3. The maximum absolute atomic E-state index is 5.34. The lowest BCUT2D eigenvalue weighted by atomic mass is 9.83. The van der Waals surface area contributed by atoms with Crippen LogP contribution in [0.5, 0.6) is 5.75 Å². The molecular weight excluding hydrogens is 224 g/mol. The Labute approximate surface area is 109 Å². The van der Waals surface area contributed by atoms with Gasteiger partial charge in [0.05, 0.1) is 0 Å². The molecule has 93 valence electrons. The maximum Gasteiger partial charge on any atom is 0.341 e. The summed E-state index contributed by atoms with van der Waals surface area (Å²) in [4.78, 5) is 0. The molecule has 0 unspecified atom stereocenters. The molecule has 0 saturated carbocycles. The van der Waals surface area contributed by atoms with E-state index in [1.54, 1.807) is 0 Å². The van der Waals surface area contributed by atoms with Crippen LogP contribution in [0.15, 0.2) is 12.1 Å². The lowest BCUT2D eigenvalue weighted by Gasteiger charge is -2.24. The molecule has 0 fully saturated rings. The molecule has 0 saturated heterocycles. The highest BCUT2D eigenvalue weighted by Crippen LogP contribution is 2.38. The average molecular weight is 247 g/mol. The van der Waals surface area contributed by atoms with Crippen molar-refractivity contribution < 1.29 is 4.43 Å². The third kappa shape index (κ3) is 2.92. The number of benzene rings is 1. The Morgan fingerprint density at radius 3 is 1.71 bits per heavy atom. The highest BCUT2D eigenvalue weighted by atomic mass is 28.2. The fourth-order valence-electron chi connectivity index (χ4n) is 2.47. The monoisotopic (exact) mass is 247 g/mol. The summed E-state index contributed by atoms with van der Waals surface area (Å²) in [6.07, 6.45) is 0. The molecule has 1 aromatic rings. The first-order valence-electron chi connectivity index (χ1n) is 6.40. The van der Waals surface area contributed by atoms with Crippen LogP contribution in [-0.2, 0) is 0 Å². The van der Waals surface area contributed by atoms with Gasteiger partial charge in [0.15, 0.2) is 0 Å². The van der Waals surface area contributed by atoms with Gasteiger partial charge in [-0.2, -0.15) is 0 Å². The molecular formula is C15H23OSi. The van der Waals surface area contributed by atoms with E-state index >= 15 is 0 Å². The van der Waals surface area contributed by atoms with Crippen molar-refractivity contribution in [3.05, 3.63) is 28.8 Å². The molecule has 17 heavy (non-hydrogen) atoms. The standard InChI is InChI=1S/C15H23OSi/c1-9(2)12-7-8-13(16-17)15(11(5)6)14(12)10(3)4/h7-11H,1-6H3. The Balaban J connectivity index is 3.53. The lowest BCUT2D eigenvalue weighted by molar-refractivity contribution is 0.589.